The van der Waals surface area contributed by atoms with E-state index in [4.69, 9.17) is 4.74 Å². The van der Waals surface area contributed by atoms with E-state index in [1.54, 1.807) is 12.3 Å². The molecule has 1 fully saturated rings. The fourth-order valence-corrected chi connectivity index (χ4v) is 4.74. The van der Waals surface area contributed by atoms with E-state index in [1.807, 2.05) is 0 Å². The summed E-state index contributed by atoms with van der Waals surface area (Å²) in [6.45, 7) is 1.85. The molecule has 7 heteroatoms. The molecular weight excluding hydrogens is 432 g/mol. The van der Waals surface area contributed by atoms with Crippen LogP contribution in [0.25, 0.3) is 0 Å². The van der Waals surface area contributed by atoms with Crippen LogP contribution < -0.4 is 5.69 Å². The molecule has 0 radical (unpaired) electrons. The Morgan fingerprint density at radius 2 is 1.32 bits per heavy atom. The van der Waals surface area contributed by atoms with Crippen molar-refractivity contribution in [1.29, 1.82) is 0 Å². The van der Waals surface area contributed by atoms with Gasteiger partial charge in [-0.15, -0.1) is 0 Å². The number of aliphatic hydroxyl groups excluding tert-OH is 3. The molecular formula is C27H48N2O5. The van der Waals surface area contributed by atoms with Gasteiger partial charge in [0.05, 0.1) is 6.61 Å². The molecule has 1 aromatic rings. The molecule has 2 rings (SSSR count). The Labute approximate surface area is 205 Å². The fraction of sp³-hybridized carbons (Fsp3) is 0.852. The molecule has 0 bridgehead atoms. The second kappa shape index (κ2) is 17.2. The molecule has 0 saturated carbocycles. The number of hydrogen-bond donors (Lipinski definition) is 3. The van der Waals surface area contributed by atoms with Crippen molar-refractivity contribution >= 4 is 0 Å². The van der Waals surface area contributed by atoms with Crippen LogP contribution in [0.5, 0.6) is 0 Å². The van der Waals surface area contributed by atoms with Gasteiger partial charge in [0.2, 0.25) is 0 Å². The summed E-state index contributed by atoms with van der Waals surface area (Å²) in [6.07, 6.45) is 19.1. The maximum atomic E-state index is 12.4. The van der Waals surface area contributed by atoms with Crippen LogP contribution >= 0.6 is 0 Å². The molecule has 3 N–H and O–H groups in total. The van der Waals surface area contributed by atoms with Crippen LogP contribution in [0.15, 0.2) is 17.1 Å². The summed E-state index contributed by atoms with van der Waals surface area (Å²) in [4.78, 5) is 16.5. The van der Waals surface area contributed by atoms with Crippen molar-refractivity contribution in [3.05, 3.63) is 28.4 Å². The van der Waals surface area contributed by atoms with Gasteiger partial charge < -0.3 is 20.1 Å². The summed E-state index contributed by atoms with van der Waals surface area (Å²) < 4.78 is 6.59. The van der Waals surface area contributed by atoms with Gasteiger partial charge >= 0.3 is 5.69 Å². The lowest BCUT2D eigenvalue weighted by Gasteiger charge is -2.17. The monoisotopic (exact) mass is 480 g/mol. The Bertz CT molecular complexity index is 711. The van der Waals surface area contributed by atoms with Gasteiger partial charge in [-0.25, -0.2) is 4.79 Å². The summed E-state index contributed by atoms with van der Waals surface area (Å²) in [5, 5.41) is 29.2. The minimum absolute atomic E-state index is 0.422. The number of rotatable bonds is 19. The Morgan fingerprint density at radius 1 is 0.824 bits per heavy atom. The number of unbranched alkanes of at least 4 members (excludes halogenated alkanes) is 15. The molecule has 0 aromatic carbocycles. The third-order valence-electron chi connectivity index (χ3n) is 6.97. The molecule has 1 aliphatic heterocycles. The SMILES string of the molecule is CCCCCCCCCCCCCCCCCCc1ccn([C@@H]2O[C@H](CO)[C@@H](O)[C@@H]2O)c(=O)n1. The highest BCUT2D eigenvalue weighted by Crippen LogP contribution is 2.28. The van der Waals surface area contributed by atoms with Crippen molar-refractivity contribution in [3.8, 4) is 0 Å². The van der Waals surface area contributed by atoms with Gasteiger partial charge in [-0.05, 0) is 18.9 Å². The van der Waals surface area contributed by atoms with Crippen molar-refractivity contribution in [2.45, 2.75) is 141 Å². The number of ether oxygens (including phenoxy) is 1. The van der Waals surface area contributed by atoms with E-state index in [9.17, 15) is 20.1 Å². The van der Waals surface area contributed by atoms with Gasteiger partial charge in [-0.2, -0.15) is 4.98 Å². The molecule has 4 atom stereocenters. The second-order valence-electron chi connectivity index (χ2n) is 9.89. The number of aromatic nitrogens is 2. The van der Waals surface area contributed by atoms with E-state index in [2.05, 4.69) is 11.9 Å². The maximum absolute atomic E-state index is 12.4. The second-order valence-corrected chi connectivity index (χ2v) is 9.89. The summed E-state index contributed by atoms with van der Waals surface area (Å²) >= 11 is 0. The van der Waals surface area contributed by atoms with Crippen LogP contribution in [0.2, 0.25) is 0 Å². The number of aryl methyl sites for hydroxylation is 1. The molecule has 0 unspecified atom stereocenters. The summed E-state index contributed by atoms with van der Waals surface area (Å²) in [6, 6.07) is 1.77. The Kier molecular flexibility index (Phi) is 14.6. The van der Waals surface area contributed by atoms with Gasteiger partial charge in [0, 0.05) is 11.9 Å². The molecule has 1 saturated heterocycles. The smallest absolute Gasteiger partial charge is 0.349 e. The molecule has 0 spiro atoms. The number of aliphatic hydroxyl groups is 3. The standard InChI is InChI=1S/C27H48N2O5/c1-2-3-4-5-6-7-8-9-10-11-12-13-14-15-16-17-18-22-19-20-29(27(33)28-22)26-25(32)24(31)23(21-30)34-26/h19-20,23-26,30-32H,2-18,21H2,1H3/t23-,24-,25+,26-/m1/s1. The first-order chi connectivity index (χ1) is 16.6. The summed E-state index contributed by atoms with van der Waals surface area (Å²) in [7, 11) is 0. The summed E-state index contributed by atoms with van der Waals surface area (Å²) in [5.74, 6) is 0. The highest BCUT2D eigenvalue weighted by molar-refractivity contribution is 5.01. The lowest BCUT2D eigenvalue weighted by Crippen LogP contribution is -2.36. The van der Waals surface area contributed by atoms with Crippen LogP contribution in [-0.4, -0.2) is 49.8 Å². The lowest BCUT2D eigenvalue weighted by atomic mass is 10.0. The van der Waals surface area contributed by atoms with Crippen molar-refractivity contribution in [1.82, 2.24) is 9.55 Å². The zero-order valence-corrected chi connectivity index (χ0v) is 21.2. The van der Waals surface area contributed by atoms with Gasteiger partial charge in [0.25, 0.3) is 0 Å². The van der Waals surface area contributed by atoms with E-state index in [1.165, 1.54) is 94.5 Å². The maximum Gasteiger partial charge on any atom is 0.349 e. The van der Waals surface area contributed by atoms with E-state index < -0.39 is 36.8 Å². The highest BCUT2D eigenvalue weighted by atomic mass is 16.6. The van der Waals surface area contributed by atoms with Gasteiger partial charge in [0.15, 0.2) is 6.23 Å². The molecule has 196 valence electrons. The molecule has 1 aliphatic rings. The minimum Gasteiger partial charge on any atom is -0.394 e. The first-order valence-corrected chi connectivity index (χ1v) is 13.8. The van der Waals surface area contributed by atoms with Gasteiger partial charge in [0.1, 0.15) is 18.3 Å². The Balaban J connectivity index is 1.48. The van der Waals surface area contributed by atoms with Crippen LogP contribution in [0.4, 0.5) is 0 Å². The van der Waals surface area contributed by atoms with Crippen LogP contribution in [0.1, 0.15) is 122 Å². The van der Waals surface area contributed by atoms with Crippen molar-refractivity contribution in [2.75, 3.05) is 6.61 Å². The van der Waals surface area contributed by atoms with Crippen LogP contribution in [0, 0.1) is 0 Å². The molecule has 2 heterocycles. The van der Waals surface area contributed by atoms with Gasteiger partial charge in [-0.1, -0.05) is 103 Å². The molecule has 1 aromatic heterocycles. The Hall–Kier alpha value is -1.28. The van der Waals surface area contributed by atoms with Crippen LogP contribution in [-0.2, 0) is 11.2 Å². The normalized spacial score (nSPS) is 22.5. The molecule has 34 heavy (non-hydrogen) atoms. The van der Waals surface area contributed by atoms with Gasteiger partial charge in [-0.3, -0.25) is 4.57 Å². The minimum atomic E-state index is -1.28. The van der Waals surface area contributed by atoms with Crippen LogP contribution in [0.3, 0.4) is 0 Å². The van der Waals surface area contributed by atoms with Crippen molar-refractivity contribution < 1.29 is 20.1 Å². The summed E-state index contributed by atoms with van der Waals surface area (Å²) in [5.41, 5.74) is 0.224. The molecule has 7 nitrogen and oxygen atoms in total. The fourth-order valence-electron chi connectivity index (χ4n) is 4.74. The van der Waals surface area contributed by atoms with E-state index in [-0.39, 0.29) is 0 Å². The average molecular weight is 481 g/mol. The predicted molar refractivity (Wildman–Crippen MR) is 135 cm³/mol. The van der Waals surface area contributed by atoms with E-state index in [0.717, 1.165) is 25.0 Å². The zero-order chi connectivity index (χ0) is 24.6. The van der Waals surface area contributed by atoms with E-state index in [0.29, 0.717) is 0 Å². The van der Waals surface area contributed by atoms with E-state index >= 15 is 0 Å². The molecule has 0 amide bonds. The quantitative estimate of drug-likeness (QED) is 0.249. The third kappa shape index (κ3) is 10.1. The first kappa shape index (κ1) is 29.0. The number of nitrogens with zero attached hydrogens (tertiary/aromatic N) is 2. The number of hydrogen-bond acceptors (Lipinski definition) is 6. The third-order valence-corrected chi connectivity index (χ3v) is 6.97. The lowest BCUT2D eigenvalue weighted by molar-refractivity contribution is -0.0550. The average Bonchev–Trinajstić information content (AvgIpc) is 3.12. The largest absolute Gasteiger partial charge is 0.394 e. The van der Waals surface area contributed by atoms with Crippen molar-refractivity contribution in [2.24, 2.45) is 0 Å². The Morgan fingerprint density at radius 3 is 1.76 bits per heavy atom. The molecule has 0 aliphatic carbocycles. The zero-order valence-electron chi connectivity index (χ0n) is 21.2. The van der Waals surface area contributed by atoms with Crippen molar-refractivity contribution in [3.63, 3.8) is 0 Å². The first-order valence-electron chi connectivity index (χ1n) is 13.8. The predicted octanol–water partition coefficient (Wildman–Crippen LogP) is 4.66. The topological polar surface area (TPSA) is 105 Å². The highest BCUT2D eigenvalue weighted by Gasteiger charge is 2.43.